The van der Waals surface area contributed by atoms with Gasteiger partial charge in [-0.1, -0.05) is 13.3 Å². The molecule has 4 nitrogen and oxygen atoms in total. The third kappa shape index (κ3) is 3.24. The summed E-state index contributed by atoms with van der Waals surface area (Å²) in [6, 6.07) is 1.77. The zero-order valence-corrected chi connectivity index (χ0v) is 11.7. The minimum Gasteiger partial charge on any atom is -0.373 e. The normalized spacial score (nSPS) is 10.5. The minimum atomic E-state index is -1.49. The Morgan fingerprint density at radius 1 is 1.05 bits per heavy atom. The maximum Gasteiger partial charge on any atom is 0.194 e. The van der Waals surface area contributed by atoms with Crippen LogP contribution in [-0.4, -0.2) is 17.0 Å². The number of aromatic nitrogens is 2. The van der Waals surface area contributed by atoms with E-state index in [2.05, 4.69) is 20.6 Å². The SMILES string of the molecule is CCCc1c(NC)ncnc1Nc1cc(F)c(F)c(F)c1. The van der Waals surface area contributed by atoms with Crippen LogP contribution in [0.1, 0.15) is 18.9 Å². The van der Waals surface area contributed by atoms with E-state index in [0.717, 1.165) is 24.1 Å². The lowest BCUT2D eigenvalue weighted by atomic mass is 10.1. The Morgan fingerprint density at radius 2 is 1.67 bits per heavy atom. The molecule has 0 aliphatic carbocycles. The van der Waals surface area contributed by atoms with Gasteiger partial charge in [-0.15, -0.1) is 0 Å². The fraction of sp³-hybridized carbons (Fsp3) is 0.286. The van der Waals surface area contributed by atoms with Gasteiger partial charge < -0.3 is 10.6 Å². The van der Waals surface area contributed by atoms with E-state index in [9.17, 15) is 13.2 Å². The smallest absolute Gasteiger partial charge is 0.194 e. The third-order valence-corrected chi connectivity index (χ3v) is 2.93. The first-order valence-corrected chi connectivity index (χ1v) is 6.50. The Bertz CT molecular complexity index is 623. The van der Waals surface area contributed by atoms with E-state index in [1.54, 1.807) is 7.05 Å². The highest BCUT2D eigenvalue weighted by molar-refractivity contribution is 5.64. The van der Waals surface area contributed by atoms with Gasteiger partial charge in [0.05, 0.1) is 0 Å². The number of hydrogen-bond acceptors (Lipinski definition) is 4. The van der Waals surface area contributed by atoms with Crippen LogP contribution in [0.5, 0.6) is 0 Å². The Hall–Kier alpha value is -2.31. The van der Waals surface area contributed by atoms with E-state index in [1.807, 2.05) is 6.92 Å². The molecule has 2 aromatic rings. The van der Waals surface area contributed by atoms with E-state index in [1.165, 1.54) is 6.33 Å². The molecule has 0 atom stereocenters. The third-order valence-electron chi connectivity index (χ3n) is 2.93. The van der Waals surface area contributed by atoms with Crippen LogP contribution in [0.4, 0.5) is 30.5 Å². The molecule has 2 N–H and O–H groups in total. The summed E-state index contributed by atoms with van der Waals surface area (Å²) in [4.78, 5) is 8.18. The summed E-state index contributed by atoms with van der Waals surface area (Å²) in [5, 5.41) is 5.74. The summed E-state index contributed by atoms with van der Waals surface area (Å²) in [5.41, 5.74) is 0.886. The maximum atomic E-state index is 13.2. The molecule has 0 radical (unpaired) electrons. The van der Waals surface area contributed by atoms with Gasteiger partial charge in [-0.25, -0.2) is 23.1 Å². The zero-order valence-electron chi connectivity index (χ0n) is 11.7. The van der Waals surface area contributed by atoms with Crippen LogP contribution in [0, 0.1) is 17.5 Å². The van der Waals surface area contributed by atoms with E-state index >= 15 is 0 Å². The van der Waals surface area contributed by atoms with Crippen molar-refractivity contribution in [1.82, 2.24) is 9.97 Å². The summed E-state index contributed by atoms with van der Waals surface area (Å²) in [5.74, 6) is -2.93. The molecule has 1 heterocycles. The predicted octanol–water partition coefficient (Wildman–Crippen LogP) is 3.63. The molecule has 112 valence electrons. The quantitative estimate of drug-likeness (QED) is 0.827. The number of rotatable bonds is 5. The summed E-state index contributed by atoms with van der Waals surface area (Å²) < 4.78 is 39.4. The Morgan fingerprint density at radius 3 is 2.24 bits per heavy atom. The lowest BCUT2D eigenvalue weighted by Gasteiger charge is -2.14. The Balaban J connectivity index is 2.39. The van der Waals surface area contributed by atoms with Gasteiger partial charge in [-0.2, -0.15) is 0 Å². The van der Waals surface area contributed by atoms with Crippen molar-refractivity contribution in [2.24, 2.45) is 0 Å². The van der Waals surface area contributed by atoms with Crippen LogP contribution >= 0.6 is 0 Å². The van der Waals surface area contributed by atoms with Gasteiger partial charge in [0, 0.05) is 30.4 Å². The van der Waals surface area contributed by atoms with Crippen molar-refractivity contribution in [2.45, 2.75) is 19.8 Å². The minimum absolute atomic E-state index is 0.0875. The van der Waals surface area contributed by atoms with E-state index in [4.69, 9.17) is 0 Å². The molecule has 7 heteroatoms. The van der Waals surface area contributed by atoms with Crippen molar-refractivity contribution in [3.63, 3.8) is 0 Å². The highest BCUT2D eigenvalue weighted by Crippen LogP contribution is 2.26. The van der Waals surface area contributed by atoms with Crippen molar-refractivity contribution in [2.75, 3.05) is 17.7 Å². The molecule has 0 fully saturated rings. The number of nitrogens with zero attached hydrogens (tertiary/aromatic N) is 2. The number of halogens is 3. The van der Waals surface area contributed by atoms with Gasteiger partial charge in [-0.05, 0) is 6.42 Å². The molecule has 0 saturated carbocycles. The average Bonchev–Trinajstić information content (AvgIpc) is 2.46. The summed E-state index contributed by atoms with van der Waals surface area (Å²) in [6.07, 6.45) is 2.87. The molecule has 0 aliphatic rings. The van der Waals surface area contributed by atoms with Crippen LogP contribution < -0.4 is 10.6 Å². The maximum absolute atomic E-state index is 13.2. The second-order valence-corrected chi connectivity index (χ2v) is 4.43. The Kier molecular flexibility index (Phi) is 4.62. The lowest BCUT2D eigenvalue weighted by molar-refractivity contribution is 0.448. The first-order valence-electron chi connectivity index (χ1n) is 6.50. The van der Waals surface area contributed by atoms with Crippen LogP contribution in [0.15, 0.2) is 18.5 Å². The predicted molar refractivity (Wildman–Crippen MR) is 75.2 cm³/mol. The van der Waals surface area contributed by atoms with Gasteiger partial charge in [0.1, 0.15) is 18.0 Å². The number of hydrogen-bond donors (Lipinski definition) is 2. The fourth-order valence-corrected chi connectivity index (χ4v) is 1.99. The fourth-order valence-electron chi connectivity index (χ4n) is 1.99. The van der Waals surface area contributed by atoms with Gasteiger partial charge in [0.2, 0.25) is 0 Å². The molecule has 1 aromatic carbocycles. The molecule has 2 rings (SSSR count). The molecule has 21 heavy (non-hydrogen) atoms. The summed E-state index contributed by atoms with van der Waals surface area (Å²) in [6.45, 7) is 1.99. The van der Waals surface area contributed by atoms with Crippen LogP contribution in [0.2, 0.25) is 0 Å². The topological polar surface area (TPSA) is 49.8 Å². The zero-order chi connectivity index (χ0) is 15.4. The lowest BCUT2D eigenvalue weighted by Crippen LogP contribution is -2.06. The number of anilines is 3. The molecule has 0 saturated heterocycles. The second-order valence-electron chi connectivity index (χ2n) is 4.43. The van der Waals surface area contributed by atoms with E-state index in [0.29, 0.717) is 18.1 Å². The number of benzene rings is 1. The van der Waals surface area contributed by atoms with Gasteiger partial charge in [0.25, 0.3) is 0 Å². The van der Waals surface area contributed by atoms with Crippen LogP contribution in [0.3, 0.4) is 0 Å². The highest BCUT2D eigenvalue weighted by Gasteiger charge is 2.14. The van der Waals surface area contributed by atoms with Crippen molar-refractivity contribution in [3.05, 3.63) is 41.5 Å². The van der Waals surface area contributed by atoms with Crippen molar-refractivity contribution < 1.29 is 13.2 Å². The van der Waals surface area contributed by atoms with Crippen molar-refractivity contribution in [1.29, 1.82) is 0 Å². The standard InChI is InChI=1S/C14H15F3N4/c1-3-4-9-13(18-2)19-7-20-14(9)21-8-5-10(15)12(17)11(16)6-8/h5-7H,3-4H2,1-2H3,(H2,18,19,20,21). The second kappa shape index (κ2) is 6.43. The average molecular weight is 296 g/mol. The largest absolute Gasteiger partial charge is 0.373 e. The first kappa shape index (κ1) is 15.1. The molecular weight excluding hydrogens is 281 g/mol. The molecule has 0 aliphatic heterocycles. The van der Waals surface area contributed by atoms with Crippen molar-refractivity contribution in [3.8, 4) is 0 Å². The highest BCUT2D eigenvalue weighted by atomic mass is 19.2. The number of nitrogens with one attached hydrogen (secondary N) is 2. The van der Waals surface area contributed by atoms with E-state index < -0.39 is 17.5 Å². The first-order chi connectivity index (χ1) is 10.1. The van der Waals surface area contributed by atoms with Crippen LogP contribution in [-0.2, 0) is 6.42 Å². The molecule has 0 unspecified atom stereocenters. The molecule has 0 bridgehead atoms. The van der Waals surface area contributed by atoms with Gasteiger partial charge in [-0.3, -0.25) is 0 Å². The molecular formula is C14H15F3N4. The summed E-state index contributed by atoms with van der Waals surface area (Å²) >= 11 is 0. The molecule has 0 spiro atoms. The monoisotopic (exact) mass is 296 g/mol. The van der Waals surface area contributed by atoms with Gasteiger partial charge in [0.15, 0.2) is 17.5 Å². The van der Waals surface area contributed by atoms with Gasteiger partial charge >= 0.3 is 0 Å². The Labute approximate surface area is 120 Å². The molecule has 0 amide bonds. The molecule has 1 aromatic heterocycles. The van der Waals surface area contributed by atoms with E-state index in [-0.39, 0.29) is 5.69 Å². The summed E-state index contributed by atoms with van der Waals surface area (Å²) in [7, 11) is 1.72. The van der Waals surface area contributed by atoms with Crippen molar-refractivity contribution >= 4 is 17.3 Å². The van der Waals surface area contributed by atoms with Crippen LogP contribution in [0.25, 0.3) is 0 Å².